The van der Waals surface area contributed by atoms with Gasteiger partial charge in [-0.25, -0.2) is 9.50 Å². The first kappa shape index (κ1) is 9.13. The van der Waals surface area contributed by atoms with Crippen molar-refractivity contribution in [3.05, 3.63) is 29.7 Å². The van der Waals surface area contributed by atoms with Gasteiger partial charge in [-0.1, -0.05) is 0 Å². The molecule has 0 aliphatic heterocycles. The first-order chi connectivity index (χ1) is 7.09. The van der Waals surface area contributed by atoms with Crippen molar-refractivity contribution in [3.8, 4) is 0 Å². The second-order valence-corrected chi connectivity index (χ2v) is 2.90. The van der Waals surface area contributed by atoms with Gasteiger partial charge in [0.1, 0.15) is 5.56 Å². The van der Waals surface area contributed by atoms with Gasteiger partial charge in [0.25, 0.3) is 11.8 Å². The Morgan fingerprint density at radius 2 is 1.93 bits per heavy atom. The second kappa shape index (κ2) is 3.05. The van der Waals surface area contributed by atoms with E-state index in [1.54, 1.807) is 0 Å². The maximum atomic E-state index is 10.9. The van der Waals surface area contributed by atoms with Crippen LogP contribution >= 0.6 is 0 Å². The molecule has 0 saturated heterocycles. The highest BCUT2D eigenvalue weighted by molar-refractivity contribution is 5.99. The van der Waals surface area contributed by atoms with Crippen molar-refractivity contribution in [2.24, 2.45) is 11.5 Å². The molecule has 0 bridgehead atoms. The molecule has 0 unspecified atom stereocenters. The number of amides is 2. The summed E-state index contributed by atoms with van der Waals surface area (Å²) in [6.07, 6.45) is 3.94. The lowest BCUT2D eigenvalue weighted by Gasteiger charge is -1.96. The van der Waals surface area contributed by atoms with E-state index in [2.05, 4.69) is 10.1 Å². The Labute approximate surface area is 83.7 Å². The second-order valence-electron chi connectivity index (χ2n) is 2.90. The molecule has 0 spiro atoms. The summed E-state index contributed by atoms with van der Waals surface area (Å²) >= 11 is 0. The number of hydrogen-bond acceptors (Lipinski definition) is 4. The standard InChI is InChI=1S/C8H7N5O2/c9-6(14)4-1-11-8-5(7(10)15)2-12-13(8)3-4/h1-3H,(H2,9,14)(H2,10,15). The molecular weight excluding hydrogens is 198 g/mol. The molecule has 0 saturated carbocycles. The molecule has 2 aromatic rings. The highest BCUT2D eigenvalue weighted by Gasteiger charge is 2.11. The minimum atomic E-state index is -0.621. The molecule has 76 valence electrons. The number of aromatic nitrogens is 3. The van der Waals surface area contributed by atoms with Crippen LogP contribution in [-0.4, -0.2) is 26.4 Å². The van der Waals surface area contributed by atoms with Crippen LogP contribution in [0.25, 0.3) is 5.65 Å². The summed E-state index contributed by atoms with van der Waals surface area (Å²) in [5.41, 5.74) is 10.9. The van der Waals surface area contributed by atoms with Crippen LogP contribution in [0.4, 0.5) is 0 Å². The van der Waals surface area contributed by atoms with Crippen molar-refractivity contribution in [3.63, 3.8) is 0 Å². The molecule has 2 heterocycles. The van der Waals surface area contributed by atoms with Crippen molar-refractivity contribution in [1.29, 1.82) is 0 Å². The Morgan fingerprint density at radius 3 is 2.53 bits per heavy atom. The van der Waals surface area contributed by atoms with Gasteiger partial charge in [-0.15, -0.1) is 0 Å². The molecule has 2 aromatic heterocycles. The summed E-state index contributed by atoms with van der Waals surface area (Å²) in [6.45, 7) is 0. The SMILES string of the molecule is NC(=O)c1cnc2c(C(N)=O)cnn2c1. The van der Waals surface area contributed by atoms with Crippen molar-refractivity contribution >= 4 is 17.5 Å². The van der Waals surface area contributed by atoms with E-state index in [1.165, 1.54) is 23.1 Å². The number of nitrogens with two attached hydrogens (primary N) is 2. The highest BCUT2D eigenvalue weighted by atomic mass is 16.1. The Balaban J connectivity index is 2.66. The zero-order valence-electron chi connectivity index (χ0n) is 7.54. The summed E-state index contributed by atoms with van der Waals surface area (Å²) in [5.74, 6) is -1.23. The zero-order valence-corrected chi connectivity index (χ0v) is 7.54. The summed E-state index contributed by atoms with van der Waals surface area (Å²) in [5, 5.41) is 3.83. The summed E-state index contributed by atoms with van der Waals surface area (Å²) in [6, 6.07) is 0. The van der Waals surface area contributed by atoms with Gasteiger partial charge in [-0.2, -0.15) is 5.10 Å². The fourth-order valence-electron chi connectivity index (χ4n) is 1.18. The minimum absolute atomic E-state index is 0.200. The van der Waals surface area contributed by atoms with Crippen LogP contribution in [0, 0.1) is 0 Å². The molecule has 2 rings (SSSR count). The van der Waals surface area contributed by atoms with Gasteiger partial charge in [0.05, 0.1) is 11.8 Å². The lowest BCUT2D eigenvalue weighted by atomic mass is 10.3. The number of hydrogen-bond donors (Lipinski definition) is 2. The van der Waals surface area contributed by atoms with Gasteiger partial charge in [0.2, 0.25) is 0 Å². The number of rotatable bonds is 2. The molecule has 7 nitrogen and oxygen atoms in total. The van der Waals surface area contributed by atoms with E-state index in [-0.39, 0.29) is 11.1 Å². The third kappa shape index (κ3) is 1.39. The predicted molar refractivity (Wildman–Crippen MR) is 50.0 cm³/mol. The van der Waals surface area contributed by atoms with Gasteiger partial charge < -0.3 is 11.5 Å². The van der Waals surface area contributed by atoms with Crippen LogP contribution < -0.4 is 11.5 Å². The number of nitrogens with zero attached hydrogens (tertiary/aromatic N) is 3. The minimum Gasteiger partial charge on any atom is -0.366 e. The Kier molecular flexibility index (Phi) is 1.86. The number of primary amides is 2. The molecule has 0 aliphatic carbocycles. The van der Waals surface area contributed by atoms with Gasteiger partial charge in [0.15, 0.2) is 5.65 Å². The lowest BCUT2D eigenvalue weighted by molar-refractivity contribution is 0.0993. The first-order valence-electron chi connectivity index (χ1n) is 4.02. The van der Waals surface area contributed by atoms with E-state index in [9.17, 15) is 9.59 Å². The third-order valence-corrected chi connectivity index (χ3v) is 1.91. The molecule has 15 heavy (non-hydrogen) atoms. The van der Waals surface area contributed by atoms with Crippen LogP contribution in [-0.2, 0) is 0 Å². The molecular formula is C8H7N5O2. The lowest BCUT2D eigenvalue weighted by Crippen LogP contribution is -2.14. The Hall–Kier alpha value is -2.44. The number of carbonyl (C=O) groups excluding carboxylic acids is 2. The van der Waals surface area contributed by atoms with Crippen molar-refractivity contribution in [2.75, 3.05) is 0 Å². The number of carbonyl (C=O) groups is 2. The van der Waals surface area contributed by atoms with E-state index in [0.717, 1.165) is 0 Å². The van der Waals surface area contributed by atoms with Crippen molar-refractivity contribution in [1.82, 2.24) is 14.6 Å². The molecule has 4 N–H and O–H groups in total. The predicted octanol–water partition coefficient (Wildman–Crippen LogP) is -1.07. The molecule has 0 fully saturated rings. The van der Waals surface area contributed by atoms with Gasteiger partial charge >= 0.3 is 0 Å². The molecule has 0 radical (unpaired) electrons. The molecule has 2 amide bonds. The maximum Gasteiger partial charge on any atom is 0.254 e. The molecule has 0 atom stereocenters. The van der Waals surface area contributed by atoms with E-state index >= 15 is 0 Å². The van der Waals surface area contributed by atoms with E-state index in [1.807, 2.05) is 0 Å². The average Bonchev–Trinajstić information content (AvgIpc) is 2.59. The maximum absolute atomic E-state index is 10.9. The zero-order chi connectivity index (χ0) is 11.0. The van der Waals surface area contributed by atoms with Crippen LogP contribution in [0.1, 0.15) is 20.7 Å². The van der Waals surface area contributed by atoms with Crippen LogP contribution in [0.2, 0.25) is 0 Å². The van der Waals surface area contributed by atoms with Gasteiger partial charge in [-0.05, 0) is 0 Å². The Morgan fingerprint density at radius 1 is 1.20 bits per heavy atom. The largest absolute Gasteiger partial charge is 0.366 e. The smallest absolute Gasteiger partial charge is 0.254 e. The van der Waals surface area contributed by atoms with E-state index in [0.29, 0.717) is 5.65 Å². The van der Waals surface area contributed by atoms with Gasteiger partial charge in [-0.3, -0.25) is 9.59 Å². The van der Waals surface area contributed by atoms with Gasteiger partial charge in [0, 0.05) is 12.4 Å². The summed E-state index contributed by atoms with van der Waals surface area (Å²) in [7, 11) is 0. The van der Waals surface area contributed by atoms with E-state index < -0.39 is 11.8 Å². The van der Waals surface area contributed by atoms with Crippen LogP contribution in [0.15, 0.2) is 18.6 Å². The fraction of sp³-hybridized carbons (Fsp3) is 0. The van der Waals surface area contributed by atoms with Crippen LogP contribution in [0.5, 0.6) is 0 Å². The monoisotopic (exact) mass is 205 g/mol. The highest BCUT2D eigenvalue weighted by Crippen LogP contribution is 2.07. The quantitative estimate of drug-likeness (QED) is 0.648. The molecule has 7 heteroatoms. The van der Waals surface area contributed by atoms with E-state index in [4.69, 9.17) is 11.5 Å². The normalized spacial score (nSPS) is 10.4. The van der Waals surface area contributed by atoms with Crippen LogP contribution in [0.3, 0.4) is 0 Å². The first-order valence-corrected chi connectivity index (χ1v) is 4.02. The topological polar surface area (TPSA) is 116 Å². The molecule has 0 aliphatic rings. The average molecular weight is 205 g/mol. The molecule has 0 aromatic carbocycles. The van der Waals surface area contributed by atoms with Crippen molar-refractivity contribution in [2.45, 2.75) is 0 Å². The summed E-state index contributed by atoms with van der Waals surface area (Å²) < 4.78 is 1.28. The third-order valence-electron chi connectivity index (χ3n) is 1.91. The number of fused-ring (bicyclic) bond motifs is 1. The van der Waals surface area contributed by atoms with Crippen molar-refractivity contribution < 1.29 is 9.59 Å². The summed E-state index contributed by atoms with van der Waals surface area (Å²) in [4.78, 5) is 25.6. The Bertz CT molecular complexity index is 559. The fourth-order valence-corrected chi connectivity index (χ4v) is 1.18.